The van der Waals surface area contributed by atoms with Gasteiger partial charge in [-0.25, -0.2) is 4.79 Å². The van der Waals surface area contributed by atoms with E-state index in [4.69, 9.17) is 14.2 Å². The quantitative estimate of drug-likeness (QED) is 0.527. The van der Waals surface area contributed by atoms with Crippen molar-refractivity contribution < 1.29 is 19.0 Å². The van der Waals surface area contributed by atoms with Gasteiger partial charge < -0.3 is 14.2 Å². The maximum Gasteiger partial charge on any atom is 0.337 e. The maximum atomic E-state index is 12.0. The molecule has 0 saturated carbocycles. The van der Waals surface area contributed by atoms with Gasteiger partial charge in [-0.05, 0) is 48.0 Å². The van der Waals surface area contributed by atoms with Crippen LogP contribution in [0, 0.1) is 0 Å². The SMILES string of the molecule is CCCCOC(=O)C(COC(C)(C)C)OC(C)(C)C. The van der Waals surface area contributed by atoms with Gasteiger partial charge in [0.2, 0.25) is 0 Å². The highest BCUT2D eigenvalue weighted by Crippen LogP contribution is 2.15. The molecule has 0 aliphatic heterocycles. The first kappa shape index (κ1) is 18.4. The van der Waals surface area contributed by atoms with Crippen LogP contribution in [0.15, 0.2) is 0 Å². The van der Waals surface area contributed by atoms with Gasteiger partial charge in [0.25, 0.3) is 0 Å². The molecule has 4 heteroatoms. The highest BCUT2D eigenvalue weighted by Gasteiger charge is 2.28. The van der Waals surface area contributed by atoms with E-state index in [1.54, 1.807) is 0 Å². The normalized spacial score (nSPS) is 14.3. The molecule has 114 valence electrons. The van der Waals surface area contributed by atoms with Gasteiger partial charge in [0, 0.05) is 0 Å². The molecule has 0 N–H and O–H groups in total. The minimum Gasteiger partial charge on any atom is -0.464 e. The average Bonchev–Trinajstić information content (AvgIpc) is 2.21. The minimum absolute atomic E-state index is 0.214. The van der Waals surface area contributed by atoms with Crippen molar-refractivity contribution in [2.45, 2.75) is 78.6 Å². The largest absolute Gasteiger partial charge is 0.464 e. The van der Waals surface area contributed by atoms with Gasteiger partial charge >= 0.3 is 5.97 Å². The molecule has 0 amide bonds. The molecule has 0 aromatic heterocycles. The first-order chi connectivity index (χ1) is 8.55. The van der Waals surface area contributed by atoms with E-state index in [2.05, 4.69) is 6.92 Å². The van der Waals surface area contributed by atoms with Crippen LogP contribution in [0.3, 0.4) is 0 Å². The van der Waals surface area contributed by atoms with Crippen molar-refractivity contribution in [1.29, 1.82) is 0 Å². The van der Waals surface area contributed by atoms with Crippen molar-refractivity contribution in [3.05, 3.63) is 0 Å². The number of hydrogen-bond acceptors (Lipinski definition) is 4. The molecule has 0 fully saturated rings. The second kappa shape index (κ2) is 7.85. The van der Waals surface area contributed by atoms with Crippen LogP contribution in [0.2, 0.25) is 0 Å². The smallest absolute Gasteiger partial charge is 0.337 e. The zero-order chi connectivity index (χ0) is 15.1. The van der Waals surface area contributed by atoms with E-state index in [1.807, 2.05) is 41.5 Å². The molecule has 0 heterocycles. The van der Waals surface area contributed by atoms with Gasteiger partial charge in [-0.3, -0.25) is 0 Å². The standard InChI is InChI=1S/C15H30O4/c1-8-9-10-17-13(16)12(19-15(5,6)7)11-18-14(2,3)4/h12H,8-11H2,1-7H3. The Balaban J connectivity index is 4.44. The third-order valence-electron chi connectivity index (χ3n) is 2.17. The Morgan fingerprint density at radius 1 is 1.05 bits per heavy atom. The Bertz CT molecular complexity index is 260. The Hall–Kier alpha value is -0.610. The molecule has 0 radical (unpaired) electrons. The molecule has 1 atom stereocenters. The number of rotatable bonds is 7. The summed E-state index contributed by atoms with van der Waals surface area (Å²) in [7, 11) is 0. The van der Waals surface area contributed by atoms with Crippen LogP contribution in [0.4, 0.5) is 0 Å². The van der Waals surface area contributed by atoms with Crippen LogP contribution >= 0.6 is 0 Å². The predicted molar refractivity (Wildman–Crippen MR) is 76.2 cm³/mol. The summed E-state index contributed by atoms with van der Waals surface area (Å²) in [6, 6.07) is 0. The predicted octanol–water partition coefficient (Wildman–Crippen LogP) is 3.33. The van der Waals surface area contributed by atoms with E-state index < -0.39 is 11.7 Å². The summed E-state index contributed by atoms with van der Waals surface area (Å²) in [5, 5.41) is 0. The van der Waals surface area contributed by atoms with Gasteiger partial charge in [0.15, 0.2) is 6.10 Å². The first-order valence-electron chi connectivity index (χ1n) is 7.03. The van der Waals surface area contributed by atoms with Crippen LogP contribution in [-0.4, -0.2) is 36.5 Å². The molecule has 0 aliphatic carbocycles. The van der Waals surface area contributed by atoms with Gasteiger partial charge in [-0.15, -0.1) is 0 Å². The Labute approximate surface area is 117 Å². The van der Waals surface area contributed by atoms with Crippen LogP contribution in [0.5, 0.6) is 0 Å². The highest BCUT2D eigenvalue weighted by atomic mass is 16.6. The molecule has 4 nitrogen and oxygen atoms in total. The van der Waals surface area contributed by atoms with E-state index in [0.717, 1.165) is 12.8 Å². The summed E-state index contributed by atoms with van der Waals surface area (Å²) in [5.74, 6) is -0.340. The van der Waals surface area contributed by atoms with Crippen molar-refractivity contribution >= 4 is 5.97 Å². The minimum atomic E-state index is -0.670. The van der Waals surface area contributed by atoms with Crippen molar-refractivity contribution in [2.75, 3.05) is 13.2 Å². The van der Waals surface area contributed by atoms with Crippen molar-refractivity contribution in [2.24, 2.45) is 0 Å². The van der Waals surface area contributed by atoms with Gasteiger partial charge in [-0.1, -0.05) is 13.3 Å². The molecular weight excluding hydrogens is 244 g/mol. The summed E-state index contributed by atoms with van der Waals surface area (Å²) in [6.07, 6.45) is 1.20. The molecule has 1 unspecified atom stereocenters. The van der Waals surface area contributed by atoms with Crippen LogP contribution in [0.25, 0.3) is 0 Å². The van der Waals surface area contributed by atoms with Gasteiger partial charge in [0.05, 0.1) is 24.4 Å². The zero-order valence-corrected chi connectivity index (χ0v) is 13.5. The van der Waals surface area contributed by atoms with Crippen LogP contribution in [-0.2, 0) is 19.0 Å². The molecule has 0 bridgehead atoms. The van der Waals surface area contributed by atoms with Crippen molar-refractivity contribution in [1.82, 2.24) is 0 Å². The molecule has 0 spiro atoms. The third kappa shape index (κ3) is 11.0. The van der Waals surface area contributed by atoms with Crippen LogP contribution < -0.4 is 0 Å². The monoisotopic (exact) mass is 274 g/mol. The third-order valence-corrected chi connectivity index (χ3v) is 2.17. The molecule has 0 aromatic rings. The van der Waals surface area contributed by atoms with E-state index >= 15 is 0 Å². The lowest BCUT2D eigenvalue weighted by atomic mass is 10.1. The van der Waals surface area contributed by atoms with Gasteiger partial charge in [0.1, 0.15) is 0 Å². The van der Waals surface area contributed by atoms with Gasteiger partial charge in [-0.2, -0.15) is 0 Å². The topological polar surface area (TPSA) is 44.8 Å². The molecule has 0 aliphatic rings. The lowest BCUT2D eigenvalue weighted by molar-refractivity contribution is -0.177. The molecule has 0 aromatic carbocycles. The Morgan fingerprint density at radius 2 is 1.63 bits per heavy atom. The molecular formula is C15H30O4. The Kier molecular flexibility index (Phi) is 7.60. The lowest BCUT2D eigenvalue weighted by Crippen LogP contribution is -2.40. The maximum absolute atomic E-state index is 12.0. The summed E-state index contributed by atoms with van der Waals surface area (Å²) in [4.78, 5) is 12.0. The summed E-state index contributed by atoms with van der Waals surface area (Å²) < 4.78 is 16.6. The van der Waals surface area contributed by atoms with E-state index in [1.165, 1.54) is 0 Å². The fourth-order valence-electron chi connectivity index (χ4n) is 1.31. The molecule has 0 saturated heterocycles. The lowest BCUT2D eigenvalue weighted by Gasteiger charge is -2.29. The van der Waals surface area contributed by atoms with Crippen molar-refractivity contribution in [3.8, 4) is 0 Å². The second-order valence-electron chi connectivity index (χ2n) is 6.66. The number of carbonyl (C=O) groups is 1. The number of unbranched alkanes of at least 4 members (excludes halogenated alkanes) is 1. The van der Waals surface area contributed by atoms with Crippen molar-refractivity contribution in [3.63, 3.8) is 0 Å². The average molecular weight is 274 g/mol. The van der Waals surface area contributed by atoms with E-state index in [-0.39, 0.29) is 18.2 Å². The number of carbonyl (C=O) groups excluding carboxylic acids is 1. The fourth-order valence-corrected chi connectivity index (χ4v) is 1.31. The highest BCUT2D eigenvalue weighted by molar-refractivity contribution is 5.74. The molecule has 19 heavy (non-hydrogen) atoms. The number of ether oxygens (including phenoxy) is 3. The zero-order valence-electron chi connectivity index (χ0n) is 13.5. The summed E-state index contributed by atoms with van der Waals surface area (Å²) in [5.41, 5.74) is -0.709. The summed E-state index contributed by atoms with van der Waals surface area (Å²) in [6.45, 7) is 14.3. The molecule has 0 rings (SSSR count). The second-order valence-corrected chi connectivity index (χ2v) is 6.66. The summed E-state index contributed by atoms with van der Waals surface area (Å²) >= 11 is 0. The van der Waals surface area contributed by atoms with E-state index in [9.17, 15) is 4.79 Å². The Morgan fingerprint density at radius 3 is 2.05 bits per heavy atom. The number of esters is 1. The van der Waals surface area contributed by atoms with Crippen LogP contribution in [0.1, 0.15) is 61.3 Å². The van der Waals surface area contributed by atoms with E-state index in [0.29, 0.717) is 6.61 Å². The first-order valence-corrected chi connectivity index (χ1v) is 7.03. The fraction of sp³-hybridized carbons (Fsp3) is 0.933. The number of hydrogen-bond donors (Lipinski definition) is 0.